The summed E-state index contributed by atoms with van der Waals surface area (Å²) in [7, 11) is 2.11. The molecule has 4 nitrogen and oxygen atoms in total. The summed E-state index contributed by atoms with van der Waals surface area (Å²) >= 11 is 0. The topological polar surface area (TPSA) is 39.3 Å². The number of hydrogen-bond donors (Lipinski definition) is 1. The lowest BCUT2D eigenvalue weighted by atomic mass is 9.77. The standard InChI is InChI=1S/C16H25N3O/c1-16(2)5-4-13-12(11-16)10-14(17-13)15(20)19-8-6-18(3)7-9-19/h10,17H,4-9,11H2,1-3H3. The van der Waals surface area contributed by atoms with Crippen LogP contribution in [0.15, 0.2) is 6.07 Å². The molecule has 1 aromatic heterocycles. The lowest BCUT2D eigenvalue weighted by Crippen LogP contribution is -2.47. The lowest BCUT2D eigenvalue weighted by Gasteiger charge is -2.32. The Morgan fingerprint density at radius 2 is 1.95 bits per heavy atom. The Morgan fingerprint density at radius 3 is 2.65 bits per heavy atom. The van der Waals surface area contributed by atoms with Crippen LogP contribution in [0.4, 0.5) is 0 Å². The van der Waals surface area contributed by atoms with Crippen LogP contribution in [0.5, 0.6) is 0 Å². The van der Waals surface area contributed by atoms with Gasteiger partial charge in [0.1, 0.15) is 5.69 Å². The summed E-state index contributed by atoms with van der Waals surface area (Å²) in [5.41, 5.74) is 3.78. The number of hydrogen-bond acceptors (Lipinski definition) is 2. The van der Waals surface area contributed by atoms with E-state index in [9.17, 15) is 4.79 Å². The molecule has 1 aliphatic carbocycles. The number of amides is 1. The Bertz CT molecular complexity index is 510. The molecule has 110 valence electrons. The van der Waals surface area contributed by atoms with Crippen LogP contribution < -0.4 is 0 Å². The molecule has 0 bridgehead atoms. The fraction of sp³-hybridized carbons (Fsp3) is 0.688. The molecule has 1 saturated heterocycles. The predicted molar refractivity (Wildman–Crippen MR) is 80.0 cm³/mol. The molecular weight excluding hydrogens is 250 g/mol. The maximum absolute atomic E-state index is 12.6. The maximum Gasteiger partial charge on any atom is 0.270 e. The van der Waals surface area contributed by atoms with Gasteiger partial charge in [-0.1, -0.05) is 13.8 Å². The van der Waals surface area contributed by atoms with Gasteiger partial charge in [0.15, 0.2) is 0 Å². The number of carbonyl (C=O) groups excluding carboxylic acids is 1. The summed E-state index contributed by atoms with van der Waals surface area (Å²) < 4.78 is 0. The molecule has 1 amide bonds. The van der Waals surface area contributed by atoms with Crippen molar-refractivity contribution in [2.24, 2.45) is 5.41 Å². The van der Waals surface area contributed by atoms with E-state index in [4.69, 9.17) is 0 Å². The Hall–Kier alpha value is -1.29. The molecule has 0 radical (unpaired) electrons. The number of H-pyrrole nitrogens is 1. The van der Waals surface area contributed by atoms with Gasteiger partial charge in [-0.25, -0.2) is 0 Å². The molecule has 20 heavy (non-hydrogen) atoms. The Kier molecular flexibility index (Phi) is 3.36. The summed E-state index contributed by atoms with van der Waals surface area (Å²) in [6.45, 7) is 8.24. The van der Waals surface area contributed by atoms with Crippen molar-refractivity contribution in [2.75, 3.05) is 33.2 Å². The minimum atomic E-state index is 0.172. The van der Waals surface area contributed by atoms with Crippen molar-refractivity contribution in [3.63, 3.8) is 0 Å². The van der Waals surface area contributed by atoms with Gasteiger partial charge in [-0.15, -0.1) is 0 Å². The van der Waals surface area contributed by atoms with Crippen LogP contribution in [0.3, 0.4) is 0 Å². The molecule has 0 aromatic carbocycles. The number of nitrogens with one attached hydrogen (secondary N) is 1. The fourth-order valence-corrected chi connectivity index (χ4v) is 3.28. The smallest absolute Gasteiger partial charge is 0.270 e. The lowest BCUT2D eigenvalue weighted by molar-refractivity contribution is 0.0658. The van der Waals surface area contributed by atoms with Gasteiger partial charge in [0, 0.05) is 31.9 Å². The second kappa shape index (κ2) is 4.92. The predicted octanol–water partition coefficient (Wildman–Crippen LogP) is 1.92. The zero-order chi connectivity index (χ0) is 14.3. The molecular formula is C16H25N3O. The molecule has 3 rings (SSSR count). The van der Waals surface area contributed by atoms with Gasteiger partial charge in [0.05, 0.1) is 0 Å². The number of nitrogens with zero attached hydrogens (tertiary/aromatic N) is 2. The molecule has 0 spiro atoms. The van der Waals surface area contributed by atoms with E-state index in [-0.39, 0.29) is 5.91 Å². The van der Waals surface area contributed by atoms with E-state index in [1.165, 1.54) is 17.7 Å². The van der Waals surface area contributed by atoms with Gasteiger partial charge >= 0.3 is 0 Å². The number of likely N-dealkylation sites (N-methyl/N-ethyl adjacent to an activating group) is 1. The van der Waals surface area contributed by atoms with E-state index in [1.54, 1.807) is 0 Å². The summed E-state index contributed by atoms with van der Waals surface area (Å²) in [5, 5.41) is 0. The van der Waals surface area contributed by atoms with Crippen LogP contribution in [0.2, 0.25) is 0 Å². The molecule has 1 N–H and O–H groups in total. The van der Waals surface area contributed by atoms with Gasteiger partial charge in [-0.05, 0) is 43.4 Å². The highest BCUT2D eigenvalue weighted by molar-refractivity contribution is 5.93. The number of aryl methyl sites for hydroxylation is 1. The summed E-state index contributed by atoms with van der Waals surface area (Å²) in [6, 6.07) is 2.09. The van der Waals surface area contributed by atoms with E-state index in [2.05, 4.69) is 36.8 Å². The van der Waals surface area contributed by atoms with Crippen LogP contribution >= 0.6 is 0 Å². The van der Waals surface area contributed by atoms with Crippen molar-refractivity contribution in [3.05, 3.63) is 23.0 Å². The average Bonchev–Trinajstić information content (AvgIpc) is 2.80. The molecule has 1 aromatic rings. The third-order valence-electron chi connectivity index (χ3n) is 4.73. The number of fused-ring (bicyclic) bond motifs is 1. The molecule has 1 fully saturated rings. The van der Waals surface area contributed by atoms with Crippen molar-refractivity contribution in [1.29, 1.82) is 0 Å². The number of aromatic nitrogens is 1. The Morgan fingerprint density at radius 1 is 1.25 bits per heavy atom. The first kappa shape index (κ1) is 13.7. The van der Waals surface area contributed by atoms with Gasteiger partial charge in [0.25, 0.3) is 5.91 Å². The van der Waals surface area contributed by atoms with Crippen molar-refractivity contribution in [3.8, 4) is 0 Å². The summed E-state index contributed by atoms with van der Waals surface area (Å²) in [5.74, 6) is 0.172. The zero-order valence-corrected chi connectivity index (χ0v) is 12.8. The van der Waals surface area contributed by atoms with Crippen molar-refractivity contribution in [1.82, 2.24) is 14.8 Å². The number of piperazine rings is 1. The second-order valence-electron chi connectivity index (χ2n) is 7.12. The highest BCUT2D eigenvalue weighted by atomic mass is 16.2. The molecule has 0 saturated carbocycles. The molecule has 2 heterocycles. The van der Waals surface area contributed by atoms with Crippen LogP contribution in [0.25, 0.3) is 0 Å². The third-order valence-corrected chi connectivity index (χ3v) is 4.73. The number of aromatic amines is 1. The summed E-state index contributed by atoms with van der Waals surface area (Å²) in [4.78, 5) is 20.2. The Balaban J connectivity index is 1.75. The first-order chi connectivity index (χ1) is 9.44. The first-order valence-corrected chi connectivity index (χ1v) is 7.63. The van der Waals surface area contributed by atoms with E-state index in [0.717, 1.165) is 44.7 Å². The first-order valence-electron chi connectivity index (χ1n) is 7.63. The maximum atomic E-state index is 12.6. The highest BCUT2D eigenvalue weighted by Gasteiger charge is 2.29. The normalized spacial score (nSPS) is 22.6. The zero-order valence-electron chi connectivity index (χ0n) is 12.8. The van der Waals surface area contributed by atoms with Crippen molar-refractivity contribution in [2.45, 2.75) is 33.1 Å². The minimum absolute atomic E-state index is 0.172. The van der Waals surface area contributed by atoms with Crippen LogP contribution in [-0.2, 0) is 12.8 Å². The summed E-state index contributed by atoms with van der Waals surface area (Å²) in [6.07, 6.45) is 3.34. The monoisotopic (exact) mass is 275 g/mol. The van der Waals surface area contributed by atoms with E-state index in [1.807, 2.05) is 4.90 Å². The van der Waals surface area contributed by atoms with Gasteiger partial charge in [-0.3, -0.25) is 4.79 Å². The van der Waals surface area contributed by atoms with Gasteiger partial charge < -0.3 is 14.8 Å². The highest BCUT2D eigenvalue weighted by Crippen LogP contribution is 2.34. The van der Waals surface area contributed by atoms with E-state index >= 15 is 0 Å². The van der Waals surface area contributed by atoms with Crippen LogP contribution in [0, 0.1) is 5.41 Å². The van der Waals surface area contributed by atoms with Crippen molar-refractivity contribution < 1.29 is 4.79 Å². The number of rotatable bonds is 1. The van der Waals surface area contributed by atoms with Crippen LogP contribution in [0.1, 0.15) is 42.0 Å². The van der Waals surface area contributed by atoms with E-state index in [0.29, 0.717) is 5.41 Å². The van der Waals surface area contributed by atoms with Crippen LogP contribution in [-0.4, -0.2) is 53.9 Å². The van der Waals surface area contributed by atoms with E-state index < -0.39 is 0 Å². The largest absolute Gasteiger partial charge is 0.354 e. The molecule has 1 aliphatic heterocycles. The quantitative estimate of drug-likeness (QED) is 0.850. The molecule has 0 unspecified atom stereocenters. The third kappa shape index (κ3) is 2.62. The minimum Gasteiger partial charge on any atom is -0.354 e. The van der Waals surface area contributed by atoms with Crippen molar-refractivity contribution >= 4 is 5.91 Å². The molecule has 0 atom stereocenters. The molecule has 4 heteroatoms. The fourth-order valence-electron chi connectivity index (χ4n) is 3.28. The van der Waals surface area contributed by atoms with Gasteiger partial charge in [-0.2, -0.15) is 0 Å². The average molecular weight is 275 g/mol. The van der Waals surface area contributed by atoms with Gasteiger partial charge in [0.2, 0.25) is 0 Å². The number of carbonyl (C=O) groups is 1. The second-order valence-corrected chi connectivity index (χ2v) is 7.12. The Labute approximate surface area is 121 Å². The molecule has 2 aliphatic rings. The SMILES string of the molecule is CN1CCN(C(=O)c2cc3c([nH]2)CCC(C)(C)C3)CC1.